The Morgan fingerprint density at radius 1 is 1.24 bits per heavy atom. The minimum absolute atomic E-state index is 0.00348. The van der Waals surface area contributed by atoms with Crippen LogP contribution in [0.1, 0.15) is 34.9 Å². The summed E-state index contributed by atoms with van der Waals surface area (Å²) >= 11 is 0. The third-order valence-electron chi connectivity index (χ3n) is 4.55. The number of likely N-dealkylation sites (tertiary alicyclic amines) is 1. The first-order valence-electron chi connectivity index (χ1n) is 8.28. The number of nitrogens with one attached hydrogen (secondary N) is 1. The van der Waals surface area contributed by atoms with Crippen LogP contribution in [0.4, 0.5) is 0 Å². The van der Waals surface area contributed by atoms with Crippen molar-refractivity contribution >= 4 is 5.91 Å². The molecular weight excluding hydrogens is 320 g/mol. The third-order valence-corrected chi connectivity index (χ3v) is 4.55. The fourth-order valence-corrected chi connectivity index (χ4v) is 3.35. The van der Waals surface area contributed by atoms with Gasteiger partial charge >= 0.3 is 5.69 Å². The number of carbonyl (C=O) groups is 1. The molecule has 128 valence electrons. The van der Waals surface area contributed by atoms with Crippen molar-refractivity contribution in [1.29, 1.82) is 0 Å². The Labute approximate surface area is 143 Å². The smallest absolute Gasteiger partial charge is 0.347 e. The van der Waals surface area contributed by atoms with E-state index in [1.807, 2.05) is 30.3 Å². The van der Waals surface area contributed by atoms with Crippen molar-refractivity contribution in [1.82, 2.24) is 19.7 Å². The lowest BCUT2D eigenvalue weighted by molar-refractivity contribution is 0.0703. The zero-order valence-electron chi connectivity index (χ0n) is 13.6. The van der Waals surface area contributed by atoms with E-state index in [1.165, 1.54) is 12.5 Å². The number of rotatable bonds is 3. The van der Waals surface area contributed by atoms with Crippen molar-refractivity contribution in [2.75, 3.05) is 13.1 Å². The molecule has 0 spiro atoms. The number of furan rings is 1. The van der Waals surface area contributed by atoms with Crippen LogP contribution < -0.4 is 5.69 Å². The molecule has 2 aromatic heterocycles. The maximum absolute atomic E-state index is 12.6. The van der Waals surface area contributed by atoms with Gasteiger partial charge in [0.05, 0.1) is 17.5 Å². The quantitative estimate of drug-likeness (QED) is 0.793. The lowest BCUT2D eigenvalue weighted by Gasteiger charge is -2.32. The van der Waals surface area contributed by atoms with Crippen LogP contribution in [-0.2, 0) is 0 Å². The average molecular weight is 338 g/mol. The highest BCUT2D eigenvalue weighted by Crippen LogP contribution is 2.27. The van der Waals surface area contributed by atoms with Crippen molar-refractivity contribution in [2.24, 2.45) is 0 Å². The lowest BCUT2D eigenvalue weighted by atomic mass is 9.96. The predicted molar refractivity (Wildman–Crippen MR) is 90.8 cm³/mol. The van der Waals surface area contributed by atoms with Crippen LogP contribution >= 0.6 is 0 Å². The van der Waals surface area contributed by atoms with Gasteiger partial charge in [-0.15, -0.1) is 0 Å². The van der Waals surface area contributed by atoms with Gasteiger partial charge < -0.3 is 9.32 Å². The van der Waals surface area contributed by atoms with E-state index in [0.717, 1.165) is 18.5 Å². The summed E-state index contributed by atoms with van der Waals surface area (Å²) in [6, 6.07) is 11.1. The van der Waals surface area contributed by atoms with Crippen LogP contribution in [0.25, 0.3) is 5.69 Å². The highest BCUT2D eigenvalue weighted by atomic mass is 16.3. The molecule has 1 amide bonds. The monoisotopic (exact) mass is 338 g/mol. The standard InChI is InChI=1S/C18H18N4O3/c23-17(14-8-10-25-12-14)21-9-4-5-13(11-21)16-19-20-18(24)22(16)15-6-2-1-3-7-15/h1-3,6-8,10,12-13H,4-5,9,11H2,(H,20,24). The normalized spacial score (nSPS) is 17.6. The van der Waals surface area contributed by atoms with E-state index in [4.69, 9.17) is 4.42 Å². The molecule has 7 nitrogen and oxygen atoms in total. The van der Waals surface area contributed by atoms with Crippen LogP contribution in [-0.4, -0.2) is 38.7 Å². The van der Waals surface area contributed by atoms with Gasteiger partial charge in [-0.05, 0) is 31.0 Å². The van der Waals surface area contributed by atoms with E-state index in [0.29, 0.717) is 24.5 Å². The zero-order chi connectivity index (χ0) is 17.2. The summed E-state index contributed by atoms with van der Waals surface area (Å²) in [7, 11) is 0. The fourth-order valence-electron chi connectivity index (χ4n) is 3.35. The van der Waals surface area contributed by atoms with Gasteiger partial charge in [0, 0.05) is 19.0 Å². The molecule has 4 rings (SSSR count). The molecule has 3 heterocycles. The number of aromatic amines is 1. The highest BCUT2D eigenvalue weighted by Gasteiger charge is 2.29. The van der Waals surface area contributed by atoms with Crippen LogP contribution in [0.3, 0.4) is 0 Å². The Morgan fingerprint density at radius 2 is 2.08 bits per heavy atom. The summed E-state index contributed by atoms with van der Waals surface area (Å²) in [6.45, 7) is 1.22. The van der Waals surface area contributed by atoms with E-state index in [2.05, 4.69) is 10.2 Å². The van der Waals surface area contributed by atoms with E-state index in [1.54, 1.807) is 15.5 Å². The molecular formula is C18H18N4O3. The number of hydrogen-bond donors (Lipinski definition) is 1. The highest BCUT2D eigenvalue weighted by molar-refractivity contribution is 5.93. The van der Waals surface area contributed by atoms with Gasteiger partial charge in [0.15, 0.2) is 0 Å². The second kappa shape index (κ2) is 6.43. The van der Waals surface area contributed by atoms with E-state index in [-0.39, 0.29) is 17.5 Å². The van der Waals surface area contributed by atoms with Gasteiger partial charge in [-0.1, -0.05) is 18.2 Å². The minimum Gasteiger partial charge on any atom is -0.472 e. The molecule has 1 unspecified atom stereocenters. The molecule has 1 aliphatic rings. The van der Waals surface area contributed by atoms with Crippen LogP contribution in [0.2, 0.25) is 0 Å². The molecule has 1 aliphatic heterocycles. The number of nitrogens with zero attached hydrogens (tertiary/aromatic N) is 3. The second-order valence-corrected chi connectivity index (χ2v) is 6.16. The summed E-state index contributed by atoms with van der Waals surface area (Å²) in [4.78, 5) is 26.6. The fraction of sp³-hybridized carbons (Fsp3) is 0.278. The van der Waals surface area contributed by atoms with Crippen LogP contribution in [0, 0.1) is 0 Å². The summed E-state index contributed by atoms with van der Waals surface area (Å²) in [5, 5.41) is 6.78. The van der Waals surface area contributed by atoms with Gasteiger partial charge in [0.2, 0.25) is 0 Å². The first-order valence-corrected chi connectivity index (χ1v) is 8.28. The number of piperidine rings is 1. The Balaban J connectivity index is 1.63. The van der Waals surface area contributed by atoms with Crippen molar-refractivity contribution in [3.8, 4) is 5.69 Å². The number of H-pyrrole nitrogens is 1. The van der Waals surface area contributed by atoms with E-state index >= 15 is 0 Å². The van der Waals surface area contributed by atoms with Crippen LogP contribution in [0.15, 0.2) is 58.1 Å². The van der Waals surface area contributed by atoms with E-state index in [9.17, 15) is 9.59 Å². The molecule has 1 atom stereocenters. The van der Waals surface area contributed by atoms with Crippen molar-refractivity contribution in [2.45, 2.75) is 18.8 Å². The molecule has 1 saturated heterocycles. The Morgan fingerprint density at radius 3 is 2.84 bits per heavy atom. The molecule has 1 fully saturated rings. The minimum atomic E-state index is -0.264. The second-order valence-electron chi connectivity index (χ2n) is 6.16. The number of carbonyl (C=O) groups excluding carboxylic acids is 1. The molecule has 25 heavy (non-hydrogen) atoms. The largest absolute Gasteiger partial charge is 0.472 e. The molecule has 0 radical (unpaired) electrons. The van der Waals surface area contributed by atoms with Gasteiger partial charge in [0.25, 0.3) is 5.91 Å². The summed E-state index contributed by atoms with van der Waals surface area (Å²) in [6.07, 6.45) is 4.70. The molecule has 0 bridgehead atoms. The molecule has 0 saturated carbocycles. The third kappa shape index (κ3) is 2.88. The average Bonchev–Trinajstić information content (AvgIpc) is 3.32. The first kappa shape index (κ1) is 15.4. The molecule has 7 heteroatoms. The summed E-state index contributed by atoms with van der Waals surface area (Å²) in [5.41, 5.74) is 1.05. The van der Waals surface area contributed by atoms with Gasteiger partial charge in [-0.3, -0.25) is 4.79 Å². The van der Waals surface area contributed by atoms with Gasteiger partial charge in [-0.2, -0.15) is 5.10 Å². The number of amides is 1. The molecule has 0 aliphatic carbocycles. The number of aromatic nitrogens is 3. The Hall–Kier alpha value is -3.09. The Bertz CT molecular complexity index is 911. The predicted octanol–water partition coefficient (Wildman–Crippen LogP) is 2.17. The molecule has 3 aromatic rings. The molecule has 1 aromatic carbocycles. The van der Waals surface area contributed by atoms with Crippen LogP contribution in [0.5, 0.6) is 0 Å². The molecule has 1 N–H and O–H groups in total. The lowest BCUT2D eigenvalue weighted by Crippen LogP contribution is -2.39. The first-order chi connectivity index (χ1) is 12.2. The maximum Gasteiger partial charge on any atom is 0.347 e. The number of benzene rings is 1. The van der Waals surface area contributed by atoms with E-state index < -0.39 is 0 Å². The Kier molecular flexibility index (Phi) is 3.97. The number of hydrogen-bond acceptors (Lipinski definition) is 4. The van der Waals surface area contributed by atoms with Gasteiger partial charge in [-0.25, -0.2) is 14.5 Å². The summed E-state index contributed by atoms with van der Waals surface area (Å²) < 4.78 is 6.60. The SMILES string of the molecule is O=C(c1ccoc1)N1CCCC(c2n[nH]c(=O)n2-c2ccccc2)C1. The number of para-hydroxylation sites is 1. The zero-order valence-corrected chi connectivity index (χ0v) is 13.6. The topological polar surface area (TPSA) is 84.1 Å². The van der Waals surface area contributed by atoms with Crippen molar-refractivity contribution < 1.29 is 9.21 Å². The van der Waals surface area contributed by atoms with Crippen molar-refractivity contribution in [3.05, 3.63) is 70.8 Å². The van der Waals surface area contributed by atoms with Crippen molar-refractivity contribution in [3.63, 3.8) is 0 Å². The maximum atomic E-state index is 12.6. The van der Waals surface area contributed by atoms with Gasteiger partial charge in [0.1, 0.15) is 12.1 Å². The summed E-state index contributed by atoms with van der Waals surface area (Å²) in [5.74, 6) is 0.618.